The quantitative estimate of drug-likeness (QED) is 0.520. The zero-order valence-electron chi connectivity index (χ0n) is 17.1. The van der Waals surface area contributed by atoms with Crippen molar-refractivity contribution >= 4 is 23.2 Å². The third-order valence-electron chi connectivity index (χ3n) is 5.61. The highest BCUT2D eigenvalue weighted by Crippen LogP contribution is 2.31. The van der Waals surface area contributed by atoms with Crippen LogP contribution in [0.25, 0.3) is 0 Å². The van der Waals surface area contributed by atoms with Crippen molar-refractivity contribution in [2.24, 2.45) is 0 Å². The molecular formula is C22H24N4O5. The van der Waals surface area contributed by atoms with Crippen molar-refractivity contribution in [1.29, 1.82) is 0 Å². The van der Waals surface area contributed by atoms with Crippen LogP contribution in [-0.4, -0.2) is 65.9 Å². The number of carbonyl (C=O) groups is 2. The lowest BCUT2D eigenvalue weighted by Crippen LogP contribution is -2.49. The molecule has 31 heavy (non-hydrogen) atoms. The molecule has 9 heteroatoms. The lowest BCUT2D eigenvalue weighted by molar-refractivity contribution is -0.384. The maximum absolute atomic E-state index is 12.7. The van der Waals surface area contributed by atoms with E-state index in [9.17, 15) is 19.7 Å². The summed E-state index contributed by atoms with van der Waals surface area (Å²) in [6, 6.07) is 14.0. The second-order valence-corrected chi connectivity index (χ2v) is 7.64. The van der Waals surface area contributed by atoms with Gasteiger partial charge in [-0.1, -0.05) is 24.3 Å². The van der Waals surface area contributed by atoms with E-state index < -0.39 is 4.92 Å². The molecule has 2 heterocycles. The van der Waals surface area contributed by atoms with Crippen LogP contribution in [-0.2, 0) is 16.1 Å². The number of hydrogen-bond donors (Lipinski definition) is 0. The molecule has 0 radical (unpaired) electrons. The number of anilines is 1. The highest BCUT2D eigenvalue weighted by molar-refractivity contribution is 5.98. The molecule has 4 rings (SSSR count). The van der Waals surface area contributed by atoms with Gasteiger partial charge in [0.25, 0.3) is 11.6 Å². The lowest BCUT2D eigenvalue weighted by Gasteiger charge is -2.35. The third-order valence-corrected chi connectivity index (χ3v) is 5.61. The van der Waals surface area contributed by atoms with E-state index in [0.717, 1.165) is 5.56 Å². The second-order valence-electron chi connectivity index (χ2n) is 7.64. The van der Waals surface area contributed by atoms with Crippen molar-refractivity contribution in [3.8, 4) is 5.75 Å². The van der Waals surface area contributed by atoms with E-state index in [-0.39, 0.29) is 30.5 Å². The molecule has 0 N–H and O–H groups in total. The minimum Gasteiger partial charge on any atom is -0.482 e. The number of ether oxygens (including phenoxy) is 1. The van der Waals surface area contributed by atoms with Gasteiger partial charge in [0, 0.05) is 57.8 Å². The average Bonchev–Trinajstić information content (AvgIpc) is 2.79. The van der Waals surface area contributed by atoms with Gasteiger partial charge >= 0.3 is 0 Å². The lowest BCUT2D eigenvalue weighted by atomic mass is 10.1. The van der Waals surface area contributed by atoms with E-state index in [0.29, 0.717) is 50.7 Å². The van der Waals surface area contributed by atoms with Crippen LogP contribution in [0.4, 0.5) is 11.4 Å². The van der Waals surface area contributed by atoms with Crippen LogP contribution in [0, 0.1) is 10.1 Å². The molecule has 0 saturated carbocycles. The van der Waals surface area contributed by atoms with Gasteiger partial charge in [0.2, 0.25) is 5.91 Å². The van der Waals surface area contributed by atoms with Crippen molar-refractivity contribution in [3.63, 3.8) is 0 Å². The van der Waals surface area contributed by atoms with Gasteiger partial charge in [-0.25, -0.2) is 0 Å². The first kappa shape index (κ1) is 20.8. The van der Waals surface area contributed by atoms with Gasteiger partial charge in [-0.15, -0.1) is 0 Å². The van der Waals surface area contributed by atoms with Crippen molar-refractivity contribution in [1.82, 2.24) is 9.80 Å². The van der Waals surface area contributed by atoms with Gasteiger partial charge in [-0.3, -0.25) is 24.6 Å². The first-order valence-electron chi connectivity index (χ1n) is 10.3. The summed E-state index contributed by atoms with van der Waals surface area (Å²) in [6.07, 6.45) is 0.255. The summed E-state index contributed by atoms with van der Waals surface area (Å²) in [6.45, 7) is 3.53. The Labute approximate surface area is 179 Å². The molecule has 2 aromatic carbocycles. The third kappa shape index (κ3) is 4.83. The number of para-hydroxylation sites is 2. The van der Waals surface area contributed by atoms with E-state index in [1.165, 1.54) is 6.07 Å². The number of nitrogens with zero attached hydrogens (tertiary/aromatic N) is 4. The summed E-state index contributed by atoms with van der Waals surface area (Å²) in [5.41, 5.74) is 1.68. The molecule has 0 bridgehead atoms. The summed E-state index contributed by atoms with van der Waals surface area (Å²) in [7, 11) is 0. The molecule has 2 aromatic rings. The van der Waals surface area contributed by atoms with E-state index in [1.54, 1.807) is 17.0 Å². The minimum absolute atomic E-state index is 0.0124. The zero-order valence-corrected chi connectivity index (χ0v) is 17.1. The number of hydrogen-bond acceptors (Lipinski definition) is 6. The number of fused-ring (bicyclic) bond motifs is 1. The van der Waals surface area contributed by atoms with Crippen molar-refractivity contribution < 1.29 is 19.2 Å². The predicted molar refractivity (Wildman–Crippen MR) is 114 cm³/mol. The van der Waals surface area contributed by atoms with E-state index in [2.05, 4.69) is 4.90 Å². The molecular weight excluding hydrogens is 400 g/mol. The Hall–Kier alpha value is -3.46. The van der Waals surface area contributed by atoms with Gasteiger partial charge < -0.3 is 14.5 Å². The summed E-state index contributed by atoms with van der Waals surface area (Å²) in [5.74, 6) is 0.532. The fraction of sp³-hybridized carbons (Fsp3) is 0.364. The topological polar surface area (TPSA) is 96.2 Å². The number of amides is 2. The molecule has 9 nitrogen and oxygen atoms in total. The van der Waals surface area contributed by atoms with Crippen LogP contribution in [0.5, 0.6) is 5.75 Å². The molecule has 162 valence electrons. The predicted octanol–water partition coefficient (Wildman–Crippen LogP) is 2.05. The summed E-state index contributed by atoms with van der Waals surface area (Å²) in [5, 5.41) is 10.9. The van der Waals surface area contributed by atoms with E-state index in [4.69, 9.17) is 4.74 Å². The van der Waals surface area contributed by atoms with Gasteiger partial charge in [0.05, 0.1) is 10.6 Å². The SMILES string of the molecule is O=C(CCN1C(=O)COc2ccccc21)N1CCN(Cc2cccc([N+](=O)[O-])c2)CC1. The van der Waals surface area contributed by atoms with Crippen LogP contribution < -0.4 is 9.64 Å². The first-order chi connectivity index (χ1) is 15.0. The fourth-order valence-electron chi connectivity index (χ4n) is 3.95. The van der Waals surface area contributed by atoms with Crippen molar-refractivity contribution in [3.05, 3.63) is 64.2 Å². The Morgan fingerprint density at radius 3 is 2.61 bits per heavy atom. The molecule has 0 atom stereocenters. The normalized spacial score (nSPS) is 16.6. The summed E-state index contributed by atoms with van der Waals surface area (Å²) in [4.78, 5) is 41.1. The molecule has 2 aliphatic heterocycles. The number of nitro benzene ring substituents is 1. The minimum atomic E-state index is -0.391. The van der Waals surface area contributed by atoms with Gasteiger partial charge in [-0.2, -0.15) is 0 Å². The highest BCUT2D eigenvalue weighted by atomic mass is 16.6. The molecule has 0 aliphatic carbocycles. The summed E-state index contributed by atoms with van der Waals surface area (Å²) >= 11 is 0. The van der Waals surface area contributed by atoms with Crippen LogP contribution in [0.1, 0.15) is 12.0 Å². The van der Waals surface area contributed by atoms with Crippen molar-refractivity contribution in [2.75, 3.05) is 44.2 Å². The first-order valence-corrected chi connectivity index (χ1v) is 10.3. The maximum Gasteiger partial charge on any atom is 0.269 e. The number of rotatable bonds is 6. The summed E-state index contributed by atoms with van der Waals surface area (Å²) < 4.78 is 5.44. The number of carbonyl (C=O) groups excluding carboxylic acids is 2. The highest BCUT2D eigenvalue weighted by Gasteiger charge is 2.27. The van der Waals surface area contributed by atoms with Gasteiger partial charge in [0.15, 0.2) is 6.61 Å². The van der Waals surface area contributed by atoms with Crippen LogP contribution in [0.2, 0.25) is 0 Å². The van der Waals surface area contributed by atoms with E-state index >= 15 is 0 Å². The Morgan fingerprint density at radius 1 is 1.06 bits per heavy atom. The molecule has 0 aromatic heterocycles. The Kier molecular flexibility index (Phi) is 6.13. The zero-order chi connectivity index (χ0) is 21.8. The standard InChI is InChI=1S/C22H24N4O5/c27-21(8-9-25-19-6-1-2-7-20(19)31-16-22(25)28)24-12-10-23(11-13-24)15-17-4-3-5-18(14-17)26(29)30/h1-7,14H,8-13,15-16H2. The largest absolute Gasteiger partial charge is 0.482 e. The van der Waals surface area contributed by atoms with Gasteiger partial charge in [-0.05, 0) is 17.7 Å². The van der Waals surface area contributed by atoms with Gasteiger partial charge in [0.1, 0.15) is 5.75 Å². The molecule has 2 amide bonds. The monoisotopic (exact) mass is 424 g/mol. The smallest absolute Gasteiger partial charge is 0.269 e. The molecule has 1 saturated heterocycles. The molecule has 0 unspecified atom stereocenters. The van der Waals surface area contributed by atoms with Crippen LogP contribution in [0.3, 0.4) is 0 Å². The number of piperazine rings is 1. The van der Waals surface area contributed by atoms with Crippen LogP contribution in [0.15, 0.2) is 48.5 Å². The van der Waals surface area contributed by atoms with E-state index in [1.807, 2.05) is 35.2 Å². The average molecular weight is 424 g/mol. The fourth-order valence-corrected chi connectivity index (χ4v) is 3.95. The Balaban J connectivity index is 1.28. The number of benzene rings is 2. The Morgan fingerprint density at radius 2 is 1.84 bits per heavy atom. The number of non-ortho nitro benzene ring substituents is 1. The van der Waals surface area contributed by atoms with Crippen molar-refractivity contribution in [2.45, 2.75) is 13.0 Å². The maximum atomic E-state index is 12.7. The molecule has 0 spiro atoms. The number of nitro groups is 1. The van der Waals surface area contributed by atoms with Crippen LogP contribution >= 0.6 is 0 Å². The second kappa shape index (κ2) is 9.13. The Bertz CT molecular complexity index is 987. The molecule has 1 fully saturated rings. The molecule has 2 aliphatic rings.